The van der Waals surface area contributed by atoms with Gasteiger partial charge >= 0.3 is 5.97 Å². The number of halogens is 1. The predicted octanol–water partition coefficient (Wildman–Crippen LogP) is 4.37. The Morgan fingerprint density at radius 3 is 2.96 bits per heavy atom. The highest BCUT2D eigenvalue weighted by molar-refractivity contribution is 6.31. The Morgan fingerprint density at radius 2 is 2.18 bits per heavy atom. The maximum absolute atomic E-state index is 12.5. The van der Waals surface area contributed by atoms with Gasteiger partial charge in [-0.3, -0.25) is 9.59 Å². The van der Waals surface area contributed by atoms with Crippen molar-refractivity contribution in [2.75, 3.05) is 18.1 Å². The van der Waals surface area contributed by atoms with Crippen molar-refractivity contribution >= 4 is 40.3 Å². The van der Waals surface area contributed by atoms with Crippen LogP contribution in [0.25, 0.3) is 22.6 Å². The predicted molar refractivity (Wildman–Crippen MR) is 106 cm³/mol. The summed E-state index contributed by atoms with van der Waals surface area (Å²) in [6, 6.07) is 10.9. The van der Waals surface area contributed by atoms with Crippen molar-refractivity contribution in [1.82, 2.24) is 4.98 Å². The number of carbonyl (C=O) groups is 2. The Kier molecular flexibility index (Phi) is 4.81. The number of aromatic nitrogens is 1. The average Bonchev–Trinajstić information content (AvgIpc) is 3.25. The van der Waals surface area contributed by atoms with E-state index in [1.807, 2.05) is 25.1 Å². The summed E-state index contributed by atoms with van der Waals surface area (Å²) in [4.78, 5) is 30.7. The minimum Gasteiger partial charge on any atom is -0.466 e. The maximum atomic E-state index is 12.5. The third kappa shape index (κ3) is 3.24. The summed E-state index contributed by atoms with van der Waals surface area (Å²) in [5.74, 6) is -0.405. The van der Waals surface area contributed by atoms with Gasteiger partial charge in [0.1, 0.15) is 5.52 Å². The summed E-state index contributed by atoms with van der Waals surface area (Å²) in [6.45, 7) is 4.29. The summed E-state index contributed by atoms with van der Waals surface area (Å²) in [5, 5.41) is 0.588. The molecule has 28 heavy (non-hydrogen) atoms. The van der Waals surface area contributed by atoms with Crippen molar-refractivity contribution in [2.24, 2.45) is 5.92 Å². The molecule has 6 nitrogen and oxygen atoms in total. The molecule has 1 saturated heterocycles. The number of rotatable bonds is 4. The first-order valence-electron chi connectivity index (χ1n) is 9.11. The minimum absolute atomic E-state index is 0.0948. The number of hydrogen-bond acceptors (Lipinski definition) is 5. The van der Waals surface area contributed by atoms with Gasteiger partial charge in [0.15, 0.2) is 5.58 Å². The van der Waals surface area contributed by atoms with Crippen LogP contribution in [0.1, 0.15) is 18.9 Å². The van der Waals surface area contributed by atoms with Crippen LogP contribution in [0, 0.1) is 12.8 Å². The number of esters is 1. The first-order chi connectivity index (χ1) is 13.5. The fourth-order valence-electron chi connectivity index (χ4n) is 3.52. The lowest BCUT2D eigenvalue weighted by atomic mass is 10.1. The van der Waals surface area contributed by atoms with Crippen molar-refractivity contribution in [1.29, 1.82) is 0 Å². The van der Waals surface area contributed by atoms with E-state index in [9.17, 15) is 9.59 Å². The molecule has 0 bridgehead atoms. The lowest BCUT2D eigenvalue weighted by Crippen LogP contribution is -2.27. The molecule has 0 saturated carbocycles. The van der Waals surface area contributed by atoms with Crippen molar-refractivity contribution in [2.45, 2.75) is 20.3 Å². The molecule has 0 radical (unpaired) electrons. The number of fused-ring (bicyclic) bond motifs is 1. The lowest BCUT2D eigenvalue weighted by Gasteiger charge is -2.20. The van der Waals surface area contributed by atoms with Gasteiger partial charge in [-0.2, -0.15) is 0 Å². The van der Waals surface area contributed by atoms with Gasteiger partial charge in [-0.1, -0.05) is 17.7 Å². The van der Waals surface area contributed by atoms with E-state index in [1.54, 1.807) is 30.0 Å². The van der Waals surface area contributed by atoms with Crippen LogP contribution in [0.5, 0.6) is 0 Å². The number of anilines is 1. The zero-order chi connectivity index (χ0) is 19.8. The van der Waals surface area contributed by atoms with Gasteiger partial charge in [-0.25, -0.2) is 4.98 Å². The molecular formula is C21H19ClN2O4. The molecule has 0 aliphatic carbocycles. The van der Waals surface area contributed by atoms with Crippen molar-refractivity contribution in [3.63, 3.8) is 0 Å². The number of amides is 1. The summed E-state index contributed by atoms with van der Waals surface area (Å²) in [5.41, 5.74) is 3.71. The normalized spacial score (nSPS) is 16.8. The van der Waals surface area contributed by atoms with E-state index >= 15 is 0 Å². The van der Waals surface area contributed by atoms with Gasteiger partial charge in [0.25, 0.3) is 0 Å². The monoisotopic (exact) mass is 398 g/mol. The molecule has 0 spiro atoms. The van der Waals surface area contributed by atoms with Crippen LogP contribution in [0.2, 0.25) is 5.02 Å². The second-order valence-corrected chi connectivity index (χ2v) is 7.17. The first kappa shape index (κ1) is 18.5. The molecule has 1 aliphatic rings. The number of nitrogens with zero attached hydrogens (tertiary/aromatic N) is 2. The van der Waals surface area contributed by atoms with Gasteiger partial charge in [-0.05, 0) is 49.7 Å². The Labute approximate surface area is 167 Å². The van der Waals surface area contributed by atoms with Crippen molar-refractivity contribution in [3.8, 4) is 11.5 Å². The number of hydrogen-bond donors (Lipinski definition) is 0. The Morgan fingerprint density at radius 1 is 1.36 bits per heavy atom. The molecule has 1 aromatic heterocycles. The molecule has 1 unspecified atom stereocenters. The molecule has 1 atom stereocenters. The Hall–Kier alpha value is -2.86. The molecule has 2 heterocycles. The highest BCUT2D eigenvalue weighted by atomic mass is 35.5. The summed E-state index contributed by atoms with van der Waals surface area (Å²) >= 11 is 6.03. The van der Waals surface area contributed by atoms with Gasteiger partial charge in [0, 0.05) is 29.2 Å². The fourth-order valence-corrected chi connectivity index (χ4v) is 3.69. The van der Waals surface area contributed by atoms with Crippen LogP contribution in [0.4, 0.5) is 5.69 Å². The van der Waals surface area contributed by atoms with Gasteiger partial charge in [-0.15, -0.1) is 0 Å². The first-order valence-corrected chi connectivity index (χ1v) is 9.48. The van der Waals surface area contributed by atoms with Gasteiger partial charge in [0.05, 0.1) is 12.5 Å². The zero-order valence-corrected chi connectivity index (χ0v) is 16.3. The molecule has 3 aromatic rings. The molecule has 0 N–H and O–H groups in total. The molecule has 144 valence electrons. The zero-order valence-electron chi connectivity index (χ0n) is 15.6. The highest BCUT2D eigenvalue weighted by Crippen LogP contribution is 2.35. The van der Waals surface area contributed by atoms with Crippen LogP contribution in [-0.2, 0) is 14.3 Å². The van der Waals surface area contributed by atoms with Crippen LogP contribution in [-0.4, -0.2) is 30.0 Å². The van der Waals surface area contributed by atoms with E-state index in [1.165, 1.54) is 0 Å². The fraction of sp³-hybridized carbons (Fsp3) is 0.286. The summed E-state index contributed by atoms with van der Waals surface area (Å²) in [7, 11) is 0. The van der Waals surface area contributed by atoms with Crippen molar-refractivity contribution < 1.29 is 18.7 Å². The lowest BCUT2D eigenvalue weighted by molar-refractivity contribution is -0.147. The van der Waals surface area contributed by atoms with Crippen LogP contribution < -0.4 is 4.90 Å². The third-order valence-corrected chi connectivity index (χ3v) is 5.16. The number of ether oxygens (including phenoxy) is 1. The topological polar surface area (TPSA) is 72.6 Å². The van der Waals surface area contributed by atoms with Crippen molar-refractivity contribution in [3.05, 3.63) is 47.0 Å². The molecule has 1 amide bonds. The molecule has 2 aromatic carbocycles. The number of benzene rings is 2. The van der Waals surface area contributed by atoms with E-state index in [4.69, 9.17) is 20.8 Å². The summed E-state index contributed by atoms with van der Waals surface area (Å²) in [6.07, 6.45) is 0.157. The van der Waals surface area contributed by atoms with E-state index in [0.717, 1.165) is 16.8 Å². The molecule has 1 fully saturated rings. The standard InChI is InChI=1S/C21H19ClN2O4/c1-3-27-21(26)13-9-19(25)24(11-13)17-6-4-5-15(12(17)2)20-23-16-10-14(22)7-8-18(16)28-20/h4-8,10,13H,3,9,11H2,1-2H3. The largest absolute Gasteiger partial charge is 0.466 e. The molecule has 4 rings (SSSR count). The second kappa shape index (κ2) is 7.28. The van der Waals surface area contributed by atoms with Crippen LogP contribution in [0.15, 0.2) is 40.8 Å². The van der Waals surface area contributed by atoms with E-state index in [2.05, 4.69) is 4.98 Å². The molecule has 1 aliphatic heterocycles. The van der Waals surface area contributed by atoms with E-state index in [0.29, 0.717) is 35.2 Å². The average molecular weight is 399 g/mol. The van der Waals surface area contributed by atoms with E-state index < -0.39 is 5.92 Å². The van der Waals surface area contributed by atoms with Gasteiger partial charge < -0.3 is 14.1 Å². The SMILES string of the molecule is CCOC(=O)C1CC(=O)N(c2cccc(-c3nc4cc(Cl)ccc4o3)c2C)C1. The highest BCUT2D eigenvalue weighted by Gasteiger charge is 2.36. The third-order valence-electron chi connectivity index (χ3n) is 4.92. The van der Waals surface area contributed by atoms with Gasteiger partial charge in [0.2, 0.25) is 11.8 Å². The number of oxazole rings is 1. The molecule has 7 heteroatoms. The molecular weight excluding hydrogens is 380 g/mol. The summed E-state index contributed by atoms with van der Waals surface area (Å²) < 4.78 is 10.9. The Balaban J connectivity index is 1.68. The Bertz CT molecular complexity index is 1080. The van der Waals surface area contributed by atoms with Crippen LogP contribution >= 0.6 is 11.6 Å². The quantitative estimate of drug-likeness (QED) is 0.610. The second-order valence-electron chi connectivity index (χ2n) is 6.74. The van der Waals surface area contributed by atoms with E-state index in [-0.39, 0.29) is 18.3 Å². The number of carbonyl (C=O) groups excluding carboxylic acids is 2. The van der Waals surface area contributed by atoms with Crippen LogP contribution in [0.3, 0.4) is 0 Å². The minimum atomic E-state index is -0.443. The smallest absolute Gasteiger partial charge is 0.311 e. The maximum Gasteiger partial charge on any atom is 0.311 e.